The summed E-state index contributed by atoms with van der Waals surface area (Å²) < 4.78 is 6.14. The lowest BCUT2D eigenvalue weighted by atomic mass is 9.92. The first-order valence-electron chi connectivity index (χ1n) is 14.7. The van der Waals surface area contributed by atoms with Crippen LogP contribution in [-0.4, -0.2) is 41.0 Å². The van der Waals surface area contributed by atoms with Gasteiger partial charge in [-0.1, -0.05) is 32.9 Å². The monoisotopic (exact) mass is 612 g/mol. The van der Waals surface area contributed by atoms with E-state index in [4.69, 9.17) is 10.5 Å². The molecule has 10 heteroatoms. The number of ether oxygens (including phenoxy) is 1. The maximum Gasteiger partial charge on any atom is 0.355 e. The Bertz CT molecular complexity index is 1760. The molecule has 9 nitrogen and oxygen atoms in total. The first kappa shape index (κ1) is 30.9. The predicted molar refractivity (Wildman–Crippen MR) is 173 cm³/mol. The molecule has 2 aromatic heterocycles. The number of pyridine rings is 1. The number of hydrogen-bond acceptors (Lipinski definition) is 7. The van der Waals surface area contributed by atoms with Gasteiger partial charge in [0, 0.05) is 52.3 Å². The van der Waals surface area contributed by atoms with E-state index in [0.29, 0.717) is 43.1 Å². The highest BCUT2D eigenvalue weighted by Gasteiger charge is 2.27. The average molecular weight is 613 g/mol. The van der Waals surface area contributed by atoms with Crippen LogP contribution in [0.4, 0.5) is 5.69 Å². The second-order valence-corrected chi connectivity index (χ2v) is 12.0. The van der Waals surface area contributed by atoms with E-state index in [-0.39, 0.29) is 28.4 Å². The van der Waals surface area contributed by atoms with E-state index in [1.165, 1.54) is 12.1 Å². The molecule has 3 heterocycles. The van der Waals surface area contributed by atoms with Crippen molar-refractivity contribution < 1.29 is 24.2 Å². The molecule has 2 aromatic carbocycles. The number of fused-ring (bicyclic) bond motifs is 3. The third-order valence-electron chi connectivity index (χ3n) is 7.66. The lowest BCUT2D eigenvalue weighted by Gasteiger charge is -2.20. The second kappa shape index (κ2) is 13.0. The van der Waals surface area contributed by atoms with Crippen LogP contribution in [0.15, 0.2) is 47.8 Å². The van der Waals surface area contributed by atoms with E-state index in [1.54, 1.807) is 23.5 Å². The van der Waals surface area contributed by atoms with Gasteiger partial charge in [0.15, 0.2) is 5.69 Å². The van der Waals surface area contributed by atoms with E-state index in [9.17, 15) is 19.5 Å². The molecule has 0 saturated carbocycles. The molecule has 1 aliphatic heterocycles. The van der Waals surface area contributed by atoms with Crippen LogP contribution in [0.25, 0.3) is 21.6 Å². The highest BCUT2D eigenvalue weighted by atomic mass is 32.1. The molecular formula is C34H36N4O5S. The minimum Gasteiger partial charge on any atom is -0.493 e. The van der Waals surface area contributed by atoms with E-state index >= 15 is 0 Å². The number of carboxylic acids is 1. The summed E-state index contributed by atoms with van der Waals surface area (Å²) >= 11 is 1.57. The Kier molecular flexibility index (Phi) is 9.12. The number of aryl methyl sites for hydroxylation is 1. The van der Waals surface area contributed by atoms with Crippen molar-refractivity contribution in [3.63, 3.8) is 0 Å². The largest absolute Gasteiger partial charge is 0.493 e. The fourth-order valence-corrected chi connectivity index (χ4v) is 6.41. The molecule has 0 aliphatic carbocycles. The van der Waals surface area contributed by atoms with Gasteiger partial charge in [0.05, 0.1) is 6.61 Å². The molecule has 4 aromatic rings. The van der Waals surface area contributed by atoms with Crippen molar-refractivity contribution in [2.45, 2.75) is 53.0 Å². The molecule has 0 atom stereocenters. The summed E-state index contributed by atoms with van der Waals surface area (Å²) in [6, 6.07) is 12.5. The number of carboxylic acid groups (broad SMARTS) is 1. The number of thiophene rings is 1. The minimum atomic E-state index is -1.32. The fourth-order valence-electron chi connectivity index (χ4n) is 5.44. The first-order valence-corrected chi connectivity index (χ1v) is 15.6. The minimum absolute atomic E-state index is 0.0166. The third kappa shape index (κ3) is 6.09. The van der Waals surface area contributed by atoms with Gasteiger partial charge in [0.2, 0.25) is 0 Å². The Morgan fingerprint density at radius 2 is 1.86 bits per heavy atom. The number of carbonyl (C=O) groups excluding carboxylic acids is 2. The maximum absolute atomic E-state index is 14.3. The van der Waals surface area contributed by atoms with Gasteiger partial charge in [0.1, 0.15) is 11.4 Å². The SMILES string of the molecule is CCCNC(=O)c1ccc(-c2cc3c(cc2C(=O)Nc2c(C)cc(CN)cc2C(C)C)-c2sccc2CCO3)c(C(=O)O)n1. The zero-order chi connectivity index (χ0) is 31.5. The zero-order valence-electron chi connectivity index (χ0n) is 25.2. The van der Waals surface area contributed by atoms with Crippen LogP contribution in [0.5, 0.6) is 5.75 Å². The lowest BCUT2D eigenvalue weighted by Crippen LogP contribution is -2.25. The van der Waals surface area contributed by atoms with Crippen LogP contribution in [-0.2, 0) is 13.0 Å². The molecule has 228 valence electrons. The predicted octanol–water partition coefficient (Wildman–Crippen LogP) is 6.39. The van der Waals surface area contributed by atoms with Crippen LogP contribution in [0, 0.1) is 6.92 Å². The number of benzene rings is 2. The molecule has 5 rings (SSSR count). The number of aromatic carboxylic acids is 1. The molecular weight excluding hydrogens is 576 g/mol. The number of rotatable bonds is 9. The van der Waals surface area contributed by atoms with Crippen molar-refractivity contribution in [1.29, 1.82) is 0 Å². The highest BCUT2D eigenvalue weighted by molar-refractivity contribution is 7.13. The van der Waals surface area contributed by atoms with Crippen LogP contribution in [0.3, 0.4) is 0 Å². The fraction of sp³-hybridized carbons (Fsp3) is 0.294. The quantitative estimate of drug-likeness (QED) is 0.171. The van der Waals surface area contributed by atoms with Crippen LogP contribution in [0.1, 0.15) is 86.7 Å². The van der Waals surface area contributed by atoms with Gasteiger partial charge < -0.3 is 26.2 Å². The Balaban J connectivity index is 1.70. The molecule has 0 unspecified atom stereocenters. The van der Waals surface area contributed by atoms with E-state index < -0.39 is 17.8 Å². The Hall–Kier alpha value is -4.54. The van der Waals surface area contributed by atoms with Crippen molar-refractivity contribution in [2.24, 2.45) is 5.73 Å². The van der Waals surface area contributed by atoms with Gasteiger partial charge in [0.25, 0.3) is 11.8 Å². The number of hydrogen-bond donors (Lipinski definition) is 4. The van der Waals surface area contributed by atoms with Crippen LogP contribution < -0.4 is 21.1 Å². The van der Waals surface area contributed by atoms with Gasteiger partial charge in [-0.25, -0.2) is 9.78 Å². The molecule has 0 radical (unpaired) electrons. The molecule has 0 saturated heterocycles. The normalized spacial score (nSPS) is 12.1. The maximum atomic E-state index is 14.3. The van der Waals surface area contributed by atoms with E-state index in [2.05, 4.69) is 35.5 Å². The van der Waals surface area contributed by atoms with Crippen molar-refractivity contribution in [3.8, 4) is 27.3 Å². The molecule has 1 aliphatic rings. The van der Waals surface area contributed by atoms with E-state index in [1.807, 2.05) is 31.4 Å². The summed E-state index contributed by atoms with van der Waals surface area (Å²) in [5.41, 5.74) is 11.8. The smallest absolute Gasteiger partial charge is 0.355 e. The van der Waals surface area contributed by atoms with E-state index in [0.717, 1.165) is 39.1 Å². The molecule has 2 amide bonds. The molecule has 0 spiro atoms. The number of amides is 2. The van der Waals surface area contributed by atoms with Gasteiger partial charge >= 0.3 is 5.97 Å². The topological polar surface area (TPSA) is 144 Å². The molecule has 5 N–H and O–H groups in total. The van der Waals surface area contributed by atoms with Gasteiger partial charge in [-0.15, -0.1) is 11.3 Å². The summed E-state index contributed by atoms with van der Waals surface area (Å²) in [7, 11) is 0. The number of nitrogens with zero attached hydrogens (tertiary/aromatic N) is 1. The van der Waals surface area contributed by atoms with Crippen molar-refractivity contribution in [2.75, 3.05) is 18.5 Å². The summed E-state index contributed by atoms with van der Waals surface area (Å²) in [6.07, 6.45) is 1.43. The average Bonchev–Trinajstić information content (AvgIpc) is 3.41. The standard InChI is InChI=1S/C34H36N4O5S/c1-5-10-36-33(40)27-7-6-22(30(37-27)34(41)42)24-16-28-26(31-21(8-11-43-28)9-12-44-31)15-25(24)32(39)38-29-19(4)13-20(17-35)14-23(29)18(2)3/h6-7,9,12-16,18H,5,8,10-11,17,35H2,1-4H3,(H,36,40)(H,38,39)(H,41,42). The molecule has 44 heavy (non-hydrogen) atoms. The number of nitrogens with two attached hydrogens (primary N) is 1. The first-order chi connectivity index (χ1) is 21.1. The lowest BCUT2D eigenvalue weighted by molar-refractivity contribution is 0.0691. The summed E-state index contributed by atoms with van der Waals surface area (Å²) in [5.74, 6) is -1.53. The summed E-state index contributed by atoms with van der Waals surface area (Å²) in [5, 5.41) is 18.1. The third-order valence-corrected chi connectivity index (χ3v) is 8.65. The zero-order valence-corrected chi connectivity index (χ0v) is 26.1. The van der Waals surface area contributed by atoms with Gasteiger partial charge in [-0.05, 0) is 77.2 Å². The van der Waals surface area contributed by atoms with Gasteiger partial charge in [-0.2, -0.15) is 0 Å². The van der Waals surface area contributed by atoms with Crippen molar-refractivity contribution >= 4 is 34.8 Å². The van der Waals surface area contributed by atoms with Crippen molar-refractivity contribution in [1.82, 2.24) is 10.3 Å². The number of anilines is 1. The van der Waals surface area contributed by atoms with Crippen LogP contribution in [0.2, 0.25) is 0 Å². The van der Waals surface area contributed by atoms with Gasteiger partial charge in [-0.3, -0.25) is 9.59 Å². The molecule has 0 fully saturated rings. The second-order valence-electron chi connectivity index (χ2n) is 11.1. The van der Waals surface area contributed by atoms with Crippen LogP contribution >= 0.6 is 11.3 Å². The van der Waals surface area contributed by atoms with Crippen molar-refractivity contribution in [3.05, 3.63) is 87.0 Å². The Morgan fingerprint density at radius 3 is 2.57 bits per heavy atom. The Morgan fingerprint density at radius 1 is 1.07 bits per heavy atom. The number of nitrogens with one attached hydrogen (secondary N) is 2. The Labute approximate surface area is 260 Å². The number of carbonyl (C=O) groups is 3. The molecule has 0 bridgehead atoms. The highest BCUT2D eigenvalue weighted by Crippen LogP contribution is 2.43. The summed E-state index contributed by atoms with van der Waals surface area (Å²) in [6.45, 7) is 9.21. The summed E-state index contributed by atoms with van der Waals surface area (Å²) in [4.78, 5) is 44.7. The number of aromatic nitrogens is 1.